The van der Waals surface area contributed by atoms with Gasteiger partial charge in [-0.2, -0.15) is 0 Å². The number of nitrogens with one attached hydrogen (secondary N) is 1. The third-order valence-electron chi connectivity index (χ3n) is 5.82. The van der Waals surface area contributed by atoms with Crippen LogP contribution in [0, 0.1) is 0 Å². The SMILES string of the molecule is C=Cc1ccc2c(c1)ncn2Cc1ccc2nc(NC3CCCC(O)C3O)sc2c1. The van der Waals surface area contributed by atoms with Gasteiger partial charge in [0, 0.05) is 6.54 Å². The molecule has 0 spiro atoms. The molecule has 0 aliphatic heterocycles. The summed E-state index contributed by atoms with van der Waals surface area (Å²) < 4.78 is 3.24. The van der Waals surface area contributed by atoms with Gasteiger partial charge in [-0.1, -0.05) is 36.1 Å². The monoisotopic (exact) mass is 420 g/mol. The molecule has 0 amide bonds. The Morgan fingerprint density at radius 1 is 1.17 bits per heavy atom. The summed E-state index contributed by atoms with van der Waals surface area (Å²) in [6.45, 7) is 4.55. The van der Waals surface area contributed by atoms with Crippen LogP contribution in [0.5, 0.6) is 0 Å². The van der Waals surface area contributed by atoms with E-state index in [1.807, 2.05) is 24.5 Å². The first-order valence-corrected chi connectivity index (χ1v) is 11.0. The Hall–Kier alpha value is -2.74. The predicted molar refractivity (Wildman–Crippen MR) is 122 cm³/mol. The molecule has 4 aromatic rings. The Morgan fingerprint density at radius 3 is 2.93 bits per heavy atom. The molecule has 5 rings (SSSR count). The number of hydrogen-bond acceptors (Lipinski definition) is 6. The number of aromatic nitrogens is 3. The van der Waals surface area contributed by atoms with Crippen molar-refractivity contribution in [2.24, 2.45) is 0 Å². The largest absolute Gasteiger partial charge is 0.390 e. The second kappa shape index (κ2) is 7.83. The molecule has 30 heavy (non-hydrogen) atoms. The van der Waals surface area contributed by atoms with E-state index in [0.29, 0.717) is 6.42 Å². The molecule has 3 atom stereocenters. The molecular formula is C23H24N4O2S. The molecule has 1 aliphatic rings. The van der Waals surface area contributed by atoms with Crippen molar-refractivity contribution in [2.75, 3.05) is 5.32 Å². The molecule has 0 saturated heterocycles. The zero-order valence-electron chi connectivity index (χ0n) is 16.5. The van der Waals surface area contributed by atoms with E-state index in [1.165, 1.54) is 5.56 Å². The Morgan fingerprint density at radius 2 is 2.07 bits per heavy atom. The Labute approximate surface area is 178 Å². The highest BCUT2D eigenvalue weighted by Gasteiger charge is 2.30. The van der Waals surface area contributed by atoms with Gasteiger partial charge in [-0.3, -0.25) is 0 Å². The normalized spacial score (nSPS) is 21.9. The quantitative estimate of drug-likeness (QED) is 0.454. The highest BCUT2D eigenvalue weighted by Crippen LogP contribution is 2.30. The zero-order valence-corrected chi connectivity index (χ0v) is 17.3. The summed E-state index contributed by atoms with van der Waals surface area (Å²) in [6, 6.07) is 12.3. The first kappa shape index (κ1) is 19.2. The van der Waals surface area contributed by atoms with Crippen LogP contribution in [0.1, 0.15) is 30.4 Å². The van der Waals surface area contributed by atoms with Gasteiger partial charge in [-0.25, -0.2) is 9.97 Å². The molecule has 1 fully saturated rings. The molecular weight excluding hydrogens is 396 g/mol. The summed E-state index contributed by atoms with van der Waals surface area (Å²) in [5, 5.41) is 24.2. The summed E-state index contributed by atoms with van der Waals surface area (Å²) in [5.74, 6) is 0. The minimum absolute atomic E-state index is 0.161. The van der Waals surface area contributed by atoms with E-state index in [9.17, 15) is 10.2 Å². The molecule has 7 heteroatoms. The number of aliphatic hydroxyl groups excluding tert-OH is 2. The Bertz CT molecular complexity index is 1210. The second-order valence-electron chi connectivity index (χ2n) is 7.89. The van der Waals surface area contributed by atoms with Crippen molar-refractivity contribution in [3.05, 3.63) is 60.4 Å². The topological polar surface area (TPSA) is 83.2 Å². The van der Waals surface area contributed by atoms with Crippen molar-refractivity contribution in [1.29, 1.82) is 0 Å². The number of benzene rings is 2. The lowest BCUT2D eigenvalue weighted by molar-refractivity contribution is -0.0161. The number of anilines is 1. The third-order valence-corrected chi connectivity index (χ3v) is 6.77. The molecule has 2 aromatic heterocycles. The average Bonchev–Trinajstić information content (AvgIpc) is 3.34. The van der Waals surface area contributed by atoms with Crippen LogP contribution in [-0.2, 0) is 6.54 Å². The molecule has 2 heterocycles. The number of thiazole rings is 1. The number of aliphatic hydroxyl groups is 2. The standard InChI is InChI=1S/C23H24N4O2S/c1-2-14-7-9-19-18(10-14)24-13-27(19)12-15-6-8-16-21(11-15)30-23(25-16)26-17-4-3-5-20(28)22(17)29/h2,6-11,13,17,20,22,28-29H,1,3-5,12H2,(H,25,26). The lowest BCUT2D eigenvalue weighted by Gasteiger charge is -2.32. The van der Waals surface area contributed by atoms with Crippen LogP contribution in [0.3, 0.4) is 0 Å². The van der Waals surface area contributed by atoms with Gasteiger partial charge in [0.05, 0.1) is 45.8 Å². The molecule has 0 bridgehead atoms. The maximum atomic E-state index is 10.2. The van der Waals surface area contributed by atoms with E-state index in [-0.39, 0.29) is 6.04 Å². The lowest BCUT2D eigenvalue weighted by atomic mass is 9.90. The maximum Gasteiger partial charge on any atom is 0.184 e. The highest BCUT2D eigenvalue weighted by molar-refractivity contribution is 7.22. The van der Waals surface area contributed by atoms with Crippen LogP contribution in [-0.4, -0.2) is 43.0 Å². The van der Waals surface area contributed by atoms with Gasteiger partial charge < -0.3 is 20.1 Å². The average molecular weight is 421 g/mol. The first-order valence-electron chi connectivity index (χ1n) is 10.2. The first-order chi connectivity index (χ1) is 14.6. The van der Waals surface area contributed by atoms with E-state index in [1.54, 1.807) is 11.3 Å². The van der Waals surface area contributed by atoms with Crippen molar-refractivity contribution in [3.63, 3.8) is 0 Å². The minimum atomic E-state index is -0.752. The molecule has 3 unspecified atom stereocenters. The van der Waals surface area contributed by atoms with E-state index < -0.39 is 12.2 Å². The number of nitrogens with zero attached hydrogens (tertiary/aromatic N) is 3. The zero-order chi connectivity index (χ0) is 20.7. The molecule has 1 saturated carbocycles. The van der Waals surface area contributed by atoms with Gasteiger partial charge >= 0.3 is 0 Å². The van der Waals surface area contributed by atoms with Crippen molar-refractivity contribution >= 4 is 43.8 Å². The van der Waals surface area contributed by atoms with Gasteiger partial charge in [0.1, 0.15) is 0 Å². The number of hydrogen-bond donors (Lipinski definition) is 3. The highest BCUT2D eigenvalue weighted by atomic mass is 32.1. The molecule has 154 valence electrons. The van der Waals surface area contributed by atoms with Crippen LogP contribution in [0.25, 0.3) is 27.3 Å². The molecule has 3 N–H and O–H groups in total. The van der Waals surface area contributed by atoms with Crippen molar-refractivity contribution < 1.29 is 10.2 Å². The van der Waals surface area contributed by atoms with Gasteiger partial charge in [0.25, 0.3) is 0 Å². The fourth-order valence-corrected chi connectivity index (χ4v) is 5.12. The van der Waals surface area contributed by atoms with Crippen LogP contribution < -0.4 is 5.32 Å². The smallest absolute Gasteiger partial charge is 0.184 e. The van der Waals surface area contributed by atoms with Crippen molar-refractivity contribution in [2.45, 2.75) is 44.1 Å². The lowest BCUT2D eigenvalue weighted by Crippen LogP contribution is -2.45. The minimum Gasteiger partial charge on any atom is -0.390 e. The van der Waals surface area contributed by atoms with Crippen molar-refractivity contribution in [3.8, 4) is 0 Å². The summed E-state index contributed by atoms with van der Waals surface area (Å²) in [4.78, 5) is 9.18. The molecule has 2 aromatic carbocycles. The Balaban J connectivity index is 1.37. The summed E-state index contributed by atoms with van der Waals surface area (Å²) in [5.41, 5.74) is 5.23. The predicted octanol–water partition coefficient (Wildman–Crippen LogP) is 4.02. The fraction of sp³-hybridized carbons (Fsp3) is 0.304. The summed E-state index contributed by atoms with van der Waals surface area (Å²) in [6.07, 6.45) is 4.67. The van der Waals surface area contributed by atoms with Crippen molar-refractivity contribution in [1.82, 2.24) is 14.5 Å². The second-order valence-corrected chi connectivity index (χ2v) is 8.92. The summed E-state index contributed by atoms with van der Waals surface area (Å²) in [7, 11) is 0. The van der Waals surface area contributed by atoms with Crippen LogP contribution >= 0.6 is 11.3 Å². The fourth-order valence-electron chi connectivity index (χ4n) is 4.13. The summed E-state index contributed by atoms with van der Waals surface area (Å²) >= 11 is 1.58. The Kier molecular flexibility index (Phi) is 5.02. The maximum absolute atomic E-state index is 10.2. The van der Waals surface area contributed by atoms with E-state index in [2.05, 4.69) is 50.7 Å². The van der Waals surface area contributed by atoms with Crippen LogP contribution in [0.4, 0.5) is 5.13 Å². The number of rotatable bonds is 5. The number of fused-ring (bicyclic) bond motifs is 2. The van der Waals surface area contributed by atoms with Crippen LogP contribution in [0.2, 0.25) is 0 Å². The van der Waals surface area contributed by atoms with Crippen LogP contribution in [0.15, 0.2) is 49.3 Å². The van der Waals surface area contributed by atoms with Gasteiger partial charge in [0.15, 0.2) is 5.13 Å². The van der Waals surface area contributed by atoms with Gasteiger partial charge in [-0.05, 0) is 54.7 Å². The van der Waals surface area contributed by atoms with E-state index >= 15 is 0 Å². The van der Waals surface area contributed by atoms with Gasteiger partial charge in [0.2, 0.25) is 0 Å². The number of imidazole rings is 1. The molecule has 0 radical (unpaired) electrons. The molecule has 6 nitrogen and oxygen atoms in total. The van der Waals surface area contributed by atoms with E-state index in [4.69, 9.17) is 0 Å². The van der Waals surface area contributed by atoms with Gasteiger partial charge in [-0.15, -0.1) is 0 Å². The third kappa shape index (κ3) is 3.60. The molecule has 1 aliphatic carbocycles. The van der Waals surface area contributed by atoms with E-state index in [0.717, 1.165) is 51.3 Å².